The Morgan fingerprint density at radius 1 is 1.39 bits per heavy atom. The Hall–Kier alpha value is -2.56. The third kappa shape index (κ3) is 3.58. The average molecular weight is 397 g/mol. The van der Waals surface area contributed by atoms with E-state index >= 15 is 0 Å². The zero-order valence-corrected chi connectivity index (χ0v) is 15.9. The Labute approximate surface area is 160 Å². The average Bonchev–Trinajstić information content (AvgIpc) is 2.55. The molecule has 0 saturated carbocycles. The SMILES string of the molecule is CC1=C(C#N)C(c2ccc(F)cc2C(F)(F)F)C(CC(C)C)(C(=O)[O-])C(C)N1. The fraction of sp³-hybridized carbons (Fsp3) is 0.500. The first-order valence-corrected chi connectivity index (χ1v) is 8.81. The second-order valence-corrected chi connectivity index (χ2v) is 7.60. The highest BCUT2D eigenvalue weighted by molar-refractivity contribution is 5.78. The number of nitriles is 1. The molecule has 1 aliphatic heterocycles. The number of carboxylic acid groups (broad SMARTS) is 1. The lowest BCUT2D eigenvalue weighted by molar-refractivity contribution is -0.322. The van der Waals surface area contributed by atoms with Crippen molar-refractivity contribution >= 4 is 5.97 Å². The van der Waals surface area contributed by atoms with Crippen LogP contribution in [0.1, 0.15) is 51.2 Å². The molecule has 0 aromatic heterocycles. The van der Waals surface area contributed by atoms with Crippen LogP contribution in [-0.2, 0) is 11.0 Å². The maximum atomic E-state index is 13.7. The lowest BCUT2D eigenvalue weighted by Gasteiger charge is -2.51. The minimum absolute atomic E-state index is 0.0265. The number of carbonyl (C=O) groups excluding carboxylic acids is 1. The molecule has 1 N–H and O–H groups in total. The summed E-state index contributed by atoms with van der Waals surface area (Å²) >= 11 is 0. The van der Waals surface area contributed by atoms with Gasteiger partial charge >= 0.3 is 6.18 Å². The molecule has 28 heavy (non-hydrogen) atoms. The summed E-state index contributed by atoms with van der Waals surface area (Å²) in [6, 6.07) is 3.15. The first kappa shape index (κ1) is 21.7. The largest absolute Gasteiger partial charge is 0.549 e. The van der Waals surface area contributed by atoms with Crippen LogP contribution < -0.4 is 10.4 Å². The lowest BCUT2D eigenvalue weighted by atomic mass is 9.59. The third-order valence-corrected chi connectivity index (χ3v) is 5.29. The van der Waals surface area contributed by atoms with E-state index in [1.54, 1.807) is 20.8 Å². The monoisotopic (exact) mass is 397 g/mol. The maximum absolute atomic E-state index is 13.7. The standard InChI is InChI=1S/C20H22F4N2O2/c1-10(2)8-19(18(27)28)12(4)26-11(3)15(9-25)17(19)14-6-5-13(21)7-16(14)20(22,23)24/h5-7,10,12,17,26H,8H2,1-4H3,(H,27,28)/p-1. The van der Waals surface area contributed by atoms with Crippen LogP contribution in [0.15, 0.2) is 29.5 Å². The number of carbonyl (C=O) groups is 1. The van der Waals surface area contributed by atoms with E-state index in [1.165, 1.54) is 6.92 Å². The van der Waals surface area contributed by atoms with E-state index in [9.17, 15) is 32.7 Å². The van der Waals surface area contributed by atoms with Gasteiger partial charge in [0.05, 0.1) is 23.2 Å². The zero-order chi connectivity index (χ0) is 21.4. The van der Waals surface area contributed by atoms with Crippen LogP contribution in [0.3, 0.4) is 0 Å². The number of aliphatic carboxylic acids is 1. The molecular formula is C20H21F4N2O2-. The molecule has 4 nitrogen and oxygen atoms in total. The van der Waals surface area contributed by atoms with Gasteiger partial charge < -0.3 is 15.2 Å². The van der Waals surface area contributed by atoms with Crippen LogP contribution in [-0.4, -0.2) is 12.0 Å². The highest BCUT2D eigenvalue weighted by Gasteiger charge is 2.53. The molecule has 0 radical (unpaired) electrons. The van der Waals surface area contributed by atoms with Crippen molar-refractivity contribution in [2.45, 2.75) is 52.3 Å². The van der Waals surface area contributed by atoms with E-state index in [4.69, 9.17) is 0 Å². The van der Waals surface area contributed by atoms with Crippen molar-refractivity contribution in [1.29, 1.82) is 5.26 Å². The molecule has 3 atom stereocenters. The van der Waals surface area contributed by atoms with Gasteiger partial charge in [-0.15, -0.1) is 0 Å². The molecule has 3 unspecified atom stereocenters. The predicted octanol–water partition coefficient (Wildman–Crippen LogP) is 3.50. The minimum Gasteiger partial charge on any atom is -0.549 e. The number of hydrogen-bond donors (Lipinski definition) is 1. The van der Waals surface area contributed by atoms with E-state index < -0.39 is 46.5 Å². The van der Waals surface area contributed by atoms with Crippen molar-refractivity contribution < 1.29 is 27.5 Å². The second-order valence-electron chi connectivity index (χ2n) is 7.60. The van der Waals surface area contributed by atoms with Gasteiger partial charge in [0, 0.05) is 23.1 Å². The number of benzene rings is 1. The van der Waals surface area contributed by atoms with Crippen LogP contribution in [0.4, 0.5) is 17.6 Å². The highest BCUT2D eigenvalue weighted by Crippen LogP contribution is 2.53. The van der Waals surface area contributed by atoms with Gasteiger partial charge in [0.15, 0.2) is 0 Å². The van der Waals surface area contributed by atoms with Crippen molar-refractivity contribution in [3.8, 4) is 6.07 Å². The quantitative estimate of drug-likeness (QED) is 0.789. The summed E-state index contributed by atoms with van der Waals surface area (Å²) in [5.74, 6) is -4.29. The zero-order valence-electron chi connectivity index (χ0n) is 15.9. The molecule has 0 bridgehead atoms. The number of rotatable bonds is 4. The Balaban J connectivity index is 2.94. The number of nitrogens with zero attached hydrogens (tertiary/aromatic N) is 1. The summed E-state index contributed by atoms with van der Waals surface area (Å²) in [5, 5.41) is 24.9. The van der Waals surface area contributed by atoms with Crippen molar-refractivity contribution in [3.63, 3.8) is 0 Å². The first-order chi connectivity index (χ1) is 12.9. The van der Waals surface area contributed by atoms with Crippen molar-refractivity contribution in [1.82, 2.24) is 5.32 Å². The van der Waals surface area contributed by atoms with Crippen LogP contribution in [0, 0.1) is 28.5 Å². The number of hydrogen-bond acceptors (Lipinski definition) is 4. The molecule has 1 aromatic rings. The molecule has 0 fully saturated rings. The fourth-order valence-electron chi connectivity index (χ4n) is 4.21. The molecule has 152 valence electrons. The summed E-state index contributed by atoms with van der Waals surface area (Å²) in [6.45, 7) is 6.52. The van der Waals surface area contributed by atoms with Gasteiger partial charge in [-0.1, -0.05) is 19.9 Å². The fourth-order valence-corrected chi connectivity index (χ4v) is 4.21. The number of halogens is 4. The van der Waals surface area contributed by atoms with Crippen LogP contribution in [0.25, 0.3) is 0 Å². The summed E-state index contributed by atoms with van der Waals surface area (Å²) in [5.41, 5.74) is -3.39. The molecular weight excluding hydrogens is 376 g/mol. The van der Waals surface area contributed by atoms with Gasteiger partial charge in [-0.25, -0.2) is 4.39 Å². The molecule has 8 heteroatoms. The van der Waals surface area contributed by atoms with E-state index in [1.807, 2.05) is 6.07 Å². The van der Waals surface area contributed by atoms with Gasteiger partial charge in [-0.2, -0.15) is 18.4 Å². The maximum Gasteiger partial charge on any atom is 0.416 e. The van der Waals surface area contributed by atoms with Crippen LogP contribution in [0.5, 0.6) is 0 Å². The number of nitrogens with one attached hydrogen (secondary N) is 1. The van der Waals surface area contributed by atoms with Crippen molar-refractivity contribution in [2.24, 2.45) is 11.3 Å². The molecule has 1 aliphatic rings. The topological polar surface area (TPSA) is 76.0 Å². The van der Waals surface area contributed by atoms with Gasteiger partial charge in [-0.05, 0) is 43.9 Å². The van der Waals surface area contributed by atoms with Gasteiger partial charge in [-0.3, -0.25) is 0 Å². The van der Waals surface area contributed by atoms with E-state index in [0.29, 0.717) is 6.07 Å². The Kier molecular flexibility index (Phi) is 5.79. The van der Waals surface area contributed by atoms with E-state index in [-0.39, 0.29) is 23.6 Å². The smallest absolute Gasteiger partial charge is 0.416 e. The molecule has 0 saturated heterocycles. The molecule has 1 aromatic carbocycles. The Morgan fingerprint density at radius 2 is 2.00 bits per heavy atom. The van der Waals surface area contributed by atoms with Gasteiger partial charge in [0.25, 0.3) is 0 Å². The van der Waals surface area contributed by atoms with Crippen molar-refractivity contribution in [3.05, 3.63) is 46.4 Å². The number of allylic oxidation sites excluding steroid dienone is 2. The lowest BCUT2D eigenvalue weighted by Crippen LogP contribution is -2.60. The second kappa shape index (κ2) is 7.46. The molecule has 2 rings (SSSR count). The minimum atomic E-state index is -4.92. The normalized spacial score (nSPS) is 25.4. The van der Waals surface area contributed by atoms with E-state index in [0.717, 1.165) is 12.1 Å². The van der Waals surface area contributed by atoms with E-state index in [2.05, 4.69) is 5.32 Å². The summed E-state index contributed by atoms with van der Waals surface area (Å²) in [4.78, 5) is 12.4. The summed E-state index contributed by atoms with van der Waals surface area (Å²) < 4.78 is 54.7. The number of carboxylic acids is 1. The molecule has 0 aliphatic carbocycles. The third-order valence-electron chi connectivity index (χ3n) is 5.29. The van der Waals surface area contributed by atoms with Crippen LogP contribution in [0.2, 0.25) is 0 Å². The molecule has 0 spiro atoms. The number of alkyl halides is 3. The predicted molar refractivity (Wildman–Crippen MR) is 91.9 cm³/mol. The molecule has 1 heterocycles. The first-order valence-electron chi connectivity index (χ1n) is 8.81. The Morgan fingerprint density at radius 3 is 2.46 bits per heavy atom. The summed E-state index contributed by atoms with van der Waals surface area (Å²) in [7, 11) is 0. The van der Waals surface area contributed by atoms with Gasteiger partial charge in [0.1, 0.15) is 5.82 Å². The van der Waals surface area contributed by atoms with Crippen LogP contribution >= 0.6 is 0 Å². The summed E-state index contributed by atoms with van der Waals surface area (Å²) in [6.07, 6.45) is -4.95. The Bertz CT molecular complexity index is 855. The van der Waals surface area contributed by atoms with Gasteiger partial charge in [0.2, 0.25) is 0 Å². The molecule has 0 amide bonds. The van der Waals surface area contributed by atoms with Crippen molar-refractivity contribution in [2.75, 3.05) is 0 Å². The highest BCUT2D eigenvalue weighted by atomic mass is 19.4.